The van der Waals surface area contributed by atoms with Gasteiger partial charge in [-0.1, -0.05) is 0 Å². The Balaban J connectivity index is 2.95. The molecule has 0 amide bonds. The first-order valence-electron chi connectivity index (χ1n) is 4.55. The Labute approximate surface area is 86.5 Å². The van der Waals surface area contributed by atoms with Crippen LogP contribution in [0, 0.1) is 6.92 Å². The topological polar surface area (TPSA) is 98.1 Å². The van der Waals surface area contributed by atoms with Crippen molar-refractivity contribution in [1.82, 2.24) is 9.97 Å². The van der Waals surface area contributed by atoms with Gasteiger partial charge in [0.2, 0.25) is 0 Å². The zero-order valence-electron chi connectivity index (χ0n) is 8.66. The highest BCUT2D eigenvalue weighted by Crippen LogP contribution is 2.03. The Bertz CT molecular complexity index is 425. The Morgan fingerprint density at radius 1 is 1.60 bits per heavy atom. The molecule has 6 heteroatoms. The van der Waals surface area contributed by atoms with Gasteiger partial charge in [-0.05, 0) is 13.8 Å². The molecule has 0 saturated heterocycles. The fourth-order valence-corrected chi connectivity index (χ4v) is 1.16. The van der Waals surface area contributed by atoms with Crippen molar-refractivity contribution >= 4 is 11.8 Å². The molecule has 0 saturated carbocycles. The molecule has 0 aliphatic carbocycles. The van der Waals surface area contributed by atoms with E-state index in [4.69, 9.17) is 10.5 Å². The lowest BCUT2D eigenvalue weighted by atomic mass is 10.2. The third-order valence-electron chi connectivity index (χ3n) is 1.79. The average molecular weight is 211 g/mol. The molecule has 0 radical (unpaired) electrons. The van der Waals surface area contributed by atoms with Crippen molar-refractivity contribution in [3.63, 3.8) is 0 Å². The molecule has 0 aromatic carbocycles. The zero-order chi connectivity index (χ0) is 11.4. The van der Waals surface area contributed by atoms with Crippen LogP contribution in [0.3, 0.4) is 0 Å². The van der Waals surface area contributed by atoms with Crippen LogP contribution in [0.4, 0.5) is 5.82 Å². The monoisotopic (exact) mass is 211 g/mol. The third-order valence-corrected chi connectivity index (χ3v) is 1.79. The first kappa shape index (κ1) is 11.2. The average Bonchev–Trinajstić information content (AvgIpc) is 2.11. The molecule has 6 nitrogen and oxygen atoms in total. The predicted molar refractivity (Wildman–Crippen MR) is 54.3 cm³/mol. The van der Waals surface area contributed by atoms with E-state index < -0.39 is 11.5 Å². The number of rotatable bonds is 3. The molecule has 0 aliphatic rings. The number of carbonyl (C=O) groups excluding carboxylic acids is 1. The van der Waals surface area contributed by atoms with Crippen molar-refractivity contribution in [2.45, 2.75) is 20.3 Å². The number of H-pyrrole nitrogens is 1. The second-order valence-corrected chi connectivity index (χ2v) is 3.00. The number of hydrogen-bond donors (Lipinski definition) is 2. The van der Waals surface area contributed by atoms with Gasteiger partial charge in [0.1, 0.15) is 11.6 Å². The lowest BCUT2D eigenvalue weighted by Crippen LogP contribution is -2.22. The maximum atomic E-state index is 11.4. The molecular weight excluding hydrogens is 198 g/mol. The molecule has 1 rings (SSSR count). The Morgan fingerprint density at radius 2 is 2.27 bits per heavy atom. The first-order chi connectivity index (χ1) is 7.04. The molecule has 0 bridgehead atoms. The Morgan fingerprint density at radius 3 is 2.80 bits per heavy atom. The standard InChI is InChI=1S/C9H13N3O3/c1-3-15-7(13)4-6-8(10)11-5(2)12-9(6)14/h3-4H2,1-2H3,(H3,10,11,12,14). The zero-order valence-corrected chi connectivity index (χ0v) is 8.66. The van der Waals surface area contributed by atoms with E-state index in [-0.39, 0.29) is 24.4 Å². The van der Waals surface area contributed by atoms with E-state index in [0.717, 1.165) is 0 Å². The van der Waals surface area contributed by atoms with E-state index >= 15 is 0 Å². The van der Waals surface area contributed by atoms with Crippen molar-refractivity contribution in [1.29, 1.82) is 0 Å². The van der Waals surface area contributed by atoms with Gasteiger partial charge in [-0.3, -0.25) is 9.59 Å². The van der Waals surface area contributed by atoms with E-state index in [0.29, 0.717) is 5.82 Å². The number of aromatic nitrogens is 2. The minimum Gasteiger partial charge on any atom is -0.466 e. The van der Waals surface area contributed by atoms with Gasteiger partial charge in [-0.2, -0.15) is 0 Å². The normalized spacial score (nSPS) is 10.0. The summed E-state index contributed by atoms with van der Waals surface area (Å²) in [6, 6.07) is 0. The lowest BCUT2D eigenvalue weighted by molar-refractivity contribution is -0.142. The molecular formula is C9H13N3O3. The minimum atomic E-state index is -0.486. The number of aromatic amines is 1. The molecule has 0 spiro atoms. The SMILES string of the molecule is CCOC(=O)Cc1c(N)nc(C)[nH]c1=O. The molecule has 3 N–H and O–H groups in total. The number of aryl methyl sites for hydroxylation is 1. The number of nitrogens with one attached hydrogen (secondary N) is 1. The molecule has 15 heavy (non-hydrogen) atoms. The van der Waals surface area contributed by atoms with Gasteiger partial charge in [-0.25, -0.2) is 4.98 Å². The number of nitrogens with two attached hydrogens (primary N) is 1. The van der Waals surface area contributed by atoms with Crippen LogP contribution in [-0.4, -0.2) is 22.5 Å². The van der Waals surface area contributed by atoms with Crippen molar-refractivity contribution in [3.8, 4) is 0 Å². The van der Waals surface area contributed by atoms with Crippen LogP contribution in [0.2, 0.25) is 0 Å². The summed E-state index contributed by atoms with van der Waals surface area (Å²) in [6.07, 6.45) is -0.151. The number of nitrogens with zero attached hydrogens (tertiary/aromatic N) is 1. The van der Waals surface area contributed by atoms with Gasteiger partial charge in [0, 0.05) is 0 Å². The summed E-state index contributed by atoms with van der Waals surface area (Å²) in [7, 11) is 0. The summed E-state index contributed by atoms with van der Waals surface area (Å²) in [6.45, 7) is 3.58. The predicted octanol–water partition coefficient (Wildman–Crippen LogP) is -0.234. The number of carbonyl (C=O) groups is 1. The van der Waals surface area contributed by atoms with Gasteiger partial charge in [0.15, 0.2) is 0 Å². The van der Waals surface area contributed by atoms with Crippen molar-refractivity contribution in [3.05, 3.63) is 21.7 Å². The van der Waals surface area contributed by atoms with Crippen LogP contribution in [0.15, 0.2) is 4.79 Å². The molecule has 0 unspecified atom stereocenters. The molecule has 82 valence electrons. The summed E-state index contributed by atoms with van der Waals surface area (Å²) in [5.74, 6) is 0.00904. The summed E-state index contributed by atoms with van der Waals surface area (Å²) in [5.41, 5.74) is 5.28. The van der Waals surface area contributed by atoms with Crippen LogP contribution >= 0.6 is 0 Å². The molecule has 0 fully saturated rings. The van der Waals surface area contributed by atoms with Crippen LogP contribution in [-0.2, 0) is 16.0 Å². The van der Waals surface area contributed by atoms with Gasteiger partial charge >= 0.3 is 5.97 Å². The Hall–Kier alpha value is -1.85. The quantitative estimate of drug-likeness (QED) is 0.673. The van der Waals surface area contributed by atoms with Crippen LogP contribution in [0.5, 0.6) is 0 Å². The molecule has 1 aromatic rings. The molecule has 1 heterocycles. The van der Waals surface area contributed by atoms with Crippen LogP contribution in [0.1, 0.15) is 18.3 Å². The number of esters is 1. The molecule has 1 aromatic heterocycles. The maximum Gasteiger partial charge on any atom is 0.310 e. The van der Waals surface area contributed by atoms with Crippen LogP contribution in [0.25, 0.3) is 0 Å². The maximum absolute atomic E-state index is 11.4. The number of hydrogen-bond acceptors (Lipinski definition) is 5. The van der Waals surface area contributed by atoms with Crippen LogP contribution < -0.4 is 11.3 Å². The van der Waals surface area contributed by atoms with E-state index in [1.807, 2.05) is 0 Å². The molecule has 0 aliphatic heterocycles. The fourth-order valence-electron chi connectivity index (χ4n) is 1.16. The second-order valence-electron chi connectivity index (χ2n) is 3.00. The first-order valence-corrected chi connectivity index (χ1v) is 4.55. The van der Waals surface area contributed by atoms with E-state index in [2.05, 4.69) is 9.97 Å². The van der Waals surface area contributed by atoms with E-state index in [1.54, 1.807) is 13.8 Å². The smallest absolute Gasteiger partial charge is 0.310 e. The van der Waals surface area contributed by atoms with Crippen molar-refractivity contribution in [2.24, 2.45) is 0 Å². The van der Waals surface area contributed by atoms with Gasteiger partial charge in [0.05, 0.1) is 18.6 Å². The van der Waals surface area contributed by atoms with E-state index in [9.17, 15) is 9.59 Å². The summed E-state index contributed by atoms with van der Waals surface area (Å²) >= 11 is 0. The second kappa shape index (κ2) is 4.59. The lowest BCUT2D eigenvalue weighted by Gasteiger charge is -2.04. The van der Waals surface area contributed by atoms with Crippen molar-refractivity contribution < 1.29 is 9.53 Å². The number of ether oxygens (including phenoxy) is 1. The van der Waals surface area contributed by atoms with Gasteiger partial charge < -0.3 is 15.5 Å². The summed E-state index contributed by atoms with van der Waals surface area (Å²) in [5, 5.41) is 0. The highest BCUT2D eigenvalue weighted by molar-refractivity contribution is 5.74. The largest absolute Gasteiger partial charge is 0.466 e. The summed E-state index contributed by atoms with van der Waals surface area (Å²) in [4.78, 5) is 28.9. The number of nitrogen functional groups attached to an aromatic ring is 1. The highest BCUT2D eigenvalue weighted by Gasteiger charge is 2.12. The minimum absolute atomic E-state index is 0.0734. The van der Waals surface area contributed by atoms with Gasteiger partial charge in [-0.15, -0.1) is 0 Å². The molecule has 0 atom stereocenters. The van der Waals surface area contributed by atoms with Crippen molar-refractivity contribution in [2.75, 3.05) is 12.3 Å². The third kappa shape index (κ3) is 2.80. The Kier molecular flexibility index (Phi) is 3.43. The highest BCUT2D eigenvalue weighted by atomic mass is 16.5. The fraction of sp³-hybridized carbons (Fsp3) is 0.444. The van der Waals surface area contributed by atoms with E-state index in [1.165, 1.54) is 0 Å². The van der Waals surface area contributed by atoms with Gasteiger partial charge in [0.25, 0.3) is 5.56 Å². The number of anilines is 1. The summed E-state index contributed by atoms with van der Waals surface area (Å²) < 4.78 is 4.71.